The molecule has 2 atom stereocenters. The first-order valence-electron chi connectivity index (χ1n) is 12.6. The molecule has 200 valence electrons. The molecule has 3 rings (SSSR count). The van der Waals surface area contributed by atoms with Crippen LogP contribution in [-0.4, -0.2) is 89.1 Å². The number of cyclic esters (lactones) is 1. The van der Waals surface area contributed by atoms with Crippen molar-refractivity contribution in [2.45, 2.75) is 83.7 Å². The number of carbonyl (C=O) groups is 3. The number of aliphatic carboxylic acids is 1. The fraction of sp³-hybridized carbons (Fsp3) is 0.654. The number of hydrogen-bond acceptors (Lipinski definition) is 7. The zero-order valence-corrected chi connectivity index (χ0v) is 21.9. The van der Waals surface area contributed by atoms with Gasteiger partial charge < -0.3 is 34.4 Å². The van der Waals surface area contributed by atoms with Gasteiger partial charge in [-0.05, 0) is 65.2 Å². The molecule has 0 aliphatic carbocycles. The highest BCUT2D eigenvalue weighted by Gasteiger charge is 2.38. The first kappa shape index (κ1) is 27.6. The second kappa shape index (κ2) is 11.8. The summed E-state index contributed by atoms with van der Waals surface area (Å²) >= 11 is 0. The fourth-order valence-corrected chi connectivity index (χ4v) is 4.44. The normalized spacial score (nSPS) is 20.2. The minimum Gasteiger partial charge on any atom is -0.490 e. The Hall–Kier alpha value is -3.01. The van der Waals surface area contributed by atoms with Crippen LogP contribution in [0.1, 0.15) is 53.0 Å². The van der Waals surface area contributed by atoms with E-state index in [0.29, 0.717) is 18.3 Å². The van der Waals surface area contributed by atoms with Gasteiger partial charge >= 0.3 is 18.2 Å². The lowest BCUT2D eigenvalue weighted by Gasteiger charge is -2.37. The maximum atomic E-state index is 12.4. The van der Waals surface area contributed by atoms with E-state index in [1.807, 2.05) is 4.90 Å². The van der Waals surface area contributed by atoms with Crippen LogP contribution in [0, 0.1) is 0 Å². The maximum absolute atomic E-state index is 12.4. The number of amides is 2. The third kappa shape index (κ3) is 8.01. The number of nitrogens with zero attached hydrogens (tertiary/aromatic N) is 2. The van der Waals surface area contributed by atoms with Crippen molar-refractivity contribution in [3.05, 3.63) is 29.8 Å². The van der Waals surface area contributed by atoms with E-state index in [1.54, 1.807) is 45.0 Å². The summed E-state index contributed by atoms with van der Waals surface area (Å²) in [6.07, 6.45) is 0.597. The van der Waals surface area contributed by atoms with Crippen LogP contribution in [0.15, 0.2) is 24.3 Å². The highest BCUT2D eigenvalue weighted by molar-refractivity contribution is 5.80. The van der Waals surface area contributed by atoms with E-state index in [-0.39, 0.29) is 31.3 Å². The van der Waals surface area contributed by atoms with Gasteiger partial charge in [-0.1, -0.05) is 12.1 Å². The number of nitrogens with one attached hydrogen (secondary N) is 1. The molecular formula is C26H39N3O7. The van der Waals surface area contributed by atoms with E-state index in [1.165, 1.54) is 0 Å². The predicted octanol–water partition coefficient (Wildman–Crippen LogP) is 3.28. The standard InChI is InChI=1S/C26H39N3O7/c1-17(2)28-12-10-19(11-13-28)29-15-21(35-25(29)33)16-34-20-8-6-18(7-9-20)14-22(23(30)31)27-24(32)36-26(3,4)5/h6-9,17,19,21-22H,10-16H2,1-5H3,(H,27,32)(H,30,31). The summed E-state index contributed by atoms with van der Waals surface area (Å²) in [7, 11) is 0. The summed E-state index contributed by atoms with van der Waals surface area (Å²) in [6.45, 7) is 12.2. The lowest BCUT2D eigenvalue weighted by atomic mass is 10.0. The molecule has 10 heteroatoms. The van der Waals surface area contributed by atoms with Crippen LogP contribution in [0.3, 0.4) is 0 Å². The molecule has 36 heavy (non-hydrogen) atoms. The summed E-state index contributed by atoms with van der Waals surface area (Å²) in [5, 5.41) is 11.9. The second-order valence-electron chi connectivity index (χ2n) is 10.7. The van der Waals surface area contributed by atoms with Crippen LogP contribution in [0.25, 0.3) is 0 Å². The molecule has 0 bridgehead atoms. The number of likely N-dealkylation sites (tertiary alicyclic amines) is 1. The van der Waals surface area contributed by atoms with Crippen molar-refractivity contribution < 1.29 is 33.7 Å². The number of carboxylic acids is 1. The lowest BCUT2D eigenvalue weighted by molar-refractivity contribution is -0.139. The van der Waals surface area contributed by atoms with Crippen LogP contribution >= 0.6 is 0 Å². The van der Waals surface area contributed by atoms with Gasteiger partial charge in [0.25, 0.3) is 0 Å². The molecule has 1 aromatic carbocycles. The third-order valence-electron chi connectivity index (χ3n) is 6.36. The van der Waals surface area contributed by atoms with Crippen LogP contribution in [0.2, 0.25) is 0 Å². The Bertz CT molecular complexity index is 905. The fourth-order valence-electron chi connectivity index (χ4n) is 4.44. The zero-order valence-electron chi connectivity index (χ0n) is 21.9. The van der Waals surface area contributed by atoms with Crippen molar-refractivity contribution in [1.82, 2.24) is 15.1 Å². The summed E-state index contributed by atoms with van der Waals surface area (Å²) in [5.74, 6) is -0.561. The van der Waals surface area contributed by atoms with Gasteiger partial charge in [0, 0.05) is 31.6 Å². The van der Waals surface area contributed by atoms with Crippen LogP contribution in [0.5, 0.6) is 5.75 Å². The van der Waals surface area contributed by atoms with E-state index >= 15 is 0 Å². The Balaban J connectivity index is 1.46. The van der Waals surface area contributed by atoms with E-state index in [2.05, 4.69) is 24.1 Å². The van der Waals surface area contributed by atoms with E-state index < -0.39 is 23.7 Å². The van der Waals surface area contributed by atoms with Gasteiger partial charge in [-0.15, -0.1) is 0 Å². The number of alkyl carbamates (subject to hydrolysis) is 1. The van der Waals surface area contributed by atoms with E-state index in [9.17, 15) is 19.5 Å². The van der Waals surface area contributed by atoms with Crippen LogP contribution < -0.4 is 10.1 Å². The number of carbonyl (C=O) groups excluding carboxylic acids is 2. The van der Waals surface area contributed by atoms with Gasteiger partial charge in [0.2, 0.25) is 0 Å². The molecule has 2 aliphatic heterocycles. The average Bonchev–Trinajstić information content (AvgIpc) is 3.17. The van der Waals surface area contributed by atoms with Gasteiger partial charge in [-0.25, -0.2) is 14.4 Å². The molecule has 2 amide bonds. The van der Waals surface area contributed by atoms with Crippen LogP contribution in [-0.2, 0) is 20.7 Å². The average molecular weight is 506 g/mol. The summed E-state index contributed by atoms with van der Waals surface area (Å²) in [5.41, 5.74) is -0.000610. The molecular weight excluding hydrogens is 466 g/mol. The maximum Gasteiger partial charge on any atom is 0.410 e. The molecule has 2 N–H and O–H groups in total. The van der Waals surface area contributed by atoms with Gasteiger partial charge in [0.1, 0.15) is 24.0 Å². The molecule has 0 radical (unpaired) electrons. The number of piperidine rings is 1. The molecule has 2 heterocycles. The molecule has 0 saturated carbocycles. The molecule has 10 nitrogen and oxygen atoms in total. The SMILES string of the molecule is CC(C)N1CCC(N2CC(COc3ccc(CC(NC(=O)OC(C)(C)C)C(=O)O)cc3)OC2=O)CC1. The first-order chi connectivity index (χ1) is 16.9. The highest BCUT2D eigenvalue weighted by atomic mass is 16.6. The van der Waals surface area contributed by atoms with Gasteiger partial charge in [0.05, 0.1) is 6.54 Å². The monoisotopic (exact) mass is 505 g/mol. The van der Waals surface area contributed by atoms with Crippen molar-refractivity contribution in [1.29, 1.82) is 0 Å². The largest absolute Gasteiger partial charge is 0.490 e. The molecule has 1 aromatic rings. The molecule has 2 saturated heterocycles. The Labute approximate surface area is 212 Å². The smallest absolute Gasteiger partial charge is 0.410 e. The van der Waals surface area contributed by atoms with Gasteiger partial charge in [0.15, 0.2) is 6.10 Å². The minimum absolute atomic E-state index is 0.0969. The van der Waals surface area contributed by atoms with E-state index in [0.717, 1.165) is 31.5 Å². The topological polar surface area (TPSA) is 118 Å². The molecule has 0 aromatic heterocycles. The van der Waals surface area contributed by atoms with Gasteiger partial charge in [-0.3, -0.25) is 0 Å². The van der Waals surface area contributed by atoms with Crippen molar-refractivity contribution in [2.24, 2.45) is 0 Å². The Morgan fingerprint density at radius 2 is 1.81 bits per heavy atom. The van der Waals surface area contributed by atoms with Crippen molar-refractivity contribution >= 4 is 18.2 Å². The minimum atomic E-state index is -1.15. The quantitative estimate of drug-likeness (QED) is 0.525. The summed E-state index contributed by atoms with van der Waals surface area (Å²) < 4.78 is 16.5. The van der Waals surface area contributed by atoms with Crippen molar-refractivity contribution in [2.75, 3.05) is 26.2 Å². The Morgan fingerprint density at radius 1 is 1.17 bits per heavy atom. The Morgan fingerprint density at radius 3 is 2.36 bits per heavy atom. The summed E-state index contributed by atoms with van der Waals surface area (Å²) in [4.78, 5) is 40.2. The van der Waals surface area contributed by atoms with E-state index in [4.69, 9.17) is 14.2 Å². The number of rotatable bonds is 9. The first-order valence-corrected chi connectivity index (χ1v) is 12.6. The number of benzene rings is 1. The van der Waals surface area contributed by atoms with Crippen LogP contribution in [0.4, 0.5) is 9.59 Å². The molecule has 2 fully saturated rings. The molecule has 2 aliphatic rings. The Kier molecular flexibility index (Phi) is 9.05. The molecule has 0 spiro atoms. The zero-order chi connectivity index (χ0) is 26.5. The van der Waals surface area contributed by atoms with Gasteiger partial charge in [-0.2, -0.15) is 0 Å². The number of hydrogen-bond donors (Lipinski definition) is 2. The predicted molar refractivity (Wildman–Crippen MR) is 133 cm³/mol. The van der Waals surface area contributed by atoms with Crippen molar-refractivity contribution in [3.63, 3.8) is 0 Å². The number of carboxylic acid groups (broad SMARTS) is 1. The second-order valence-corrected chi connectivity index (χ2v) is 10.7. The van der Waals surface area contributed by atoms with Crippen molar-refractivity contribution in [3.8, 4) is 5.75 Å². The highest BCUT2D eigenvalue weighted by Crippen LogP contribution is 2.24. The lowest BCUT2D eigenvalue weighted by Crippen LogP contribution is -2.47. The molecule has 2 unspecified atom stereocenters. The summed E-state index contributed by atoms with van der Waals surface area (Å²) in [6, 6.07) is 6.56. The number of ether oxygens (including phenoxy) is 3. The third-order valence-corrected chi connectivity index (χ3v) is 6.36.